The maximum absolute atomic E-state index is 5.58. The third kappa shape index (κ3) is 4.20. The molecule has 1 N–H and O–H groups in total. The van der Waals surface area contributed by atoms with Crippen molar-refractivity contribution in [3.63, 3.8) is 0 Å². The van der Waals surface area contributed by atoms with Gasteiger partial charge in [-0.05, 0) is 43.1 Å². The monoisotopic (exact) mass is 215 g/mol. The Morgan fingerprint density at radius 1 is 1.14 bits per heavy atom. The van der Waals surface area contributed by atoms with Crippen LogP contribution < -0.4 is 5.32 Å². The van der Waals surface area contributed by atoms with Gasteiger partial charge in [0.1, 0.15) is 0 Å². The molecule has 0 atom stereocenters. The maximum Gasteiger partial charge on any atom is 0.0591 e. The van der Waals surface area contributed by atoms with Crippen LogP contribution in [0.1, 0.15) is 25.7 Å². The van der Waals surface area contributed by atoms with Crippen molar-refractivity contribution >= 4 is 11.8 Å². The number of thioether (sulfide) groups is 1. The van der Waals surface area contributed by atoms with Gasteiger partial charge in [0.2, 0.25) is 0 Å². The molecule has 0 spiro atoms. The predicted octanol–water partition coefficient (Wildman–Crippen LogP) is 1.90. The molecular formula is C11H21NOS. The molecule has 1 aliphatic heterocycles. The molecule has 0 amide bonds. The lowest BCUT2D eigenvalue weighted by atomic mass is 10.1. The lowest BCUT2D eigenvalue weighted by Crippen LogP contribution is -2.34. The Bertz CT molecular complexity index is 155. The van der Waals surface area contributed by atoms with Crippen LogP contribution in [0, 0.1) is 5.92 Å². The second-order valence-corrected chi connectivity index (χ2v) is 5.58. The molecule has 1 saturated carbocycles. The van der Waals surface area contributed by atoms with Gasteiger partial charge in [0.15, 0.2) is 0 Å². The van der Waals surface area contributed by atoms with E-state index in [9.17, 15) is 0 Å². The molecule has 1 heterocycles. The Labute approximate surface area is 91.2 Å². The molecule has 2 rings (SSSR count). The first-order chi connectivity index (χ1) is 6.95. The molecule has 2 aliphatic rings. The number of hydrogen-bond acceptors (Lipinski definition) is 3. The summed E-state index contributed by atoms with van der Waals surface area (Å²) < 4.78 is 5.58. The van der Waals surface area contributed by atoms with E-state index >= 15 is 0 Å². The Kier molecular flexibility index (Phi) is 4.61. The summed E-state index contributed by atoms with van der Waals surface area (Å²) in [6.45, 7) is 2.95. The van der Waals surface area contributed by atoms with E-state index in [1.165, 1.54) is 37.2 Å². The van der Waals surface area contributed by atoms with E-state index in [0.717, 1.165) is 31.7 Å². The van der Waals surface area contributed by atoms with Crippen molar-refractivity contribution in [1.29, 1.82) is 0 Å². The summed E-state index contributed by atoms with van der Waals surface area (Å²) in [5.74, 6) is 3.57. The van der Waals surface area contributed by atoms with Crippen molar-refractivity contribution in [3.8, 4) is 0 Å². The minimum atomic E-state index is 0.765. The summed E-state index contributed by atoms with van der Waals surface area (Å²) in [5.41, 5.74) is 0. The molecule has 0 radical (unpaired) electrons. The summed E-state index contributed by atoms with van der Waals surface area (Å²) >= 11 is 2.08. The van der Waals surface area contributed by atoms with Crippen molar-refractivity contribution in [1.82, 2.24) is 5.32 Å². The fourth-order valence-electron chi connectivity index (χ4n) is 1.77. The quantitative estimate of drug-likeness (QED) is 0.684. The molecule has 0 aromatic carbocycles. The summed E-state index contributed by atoms with van der Waals surface area (Å²) in [5, 5.41) is 3.58. The molecule has 0 bridgehead atoms. The van der Waals surface area contributed by atoms with Gasteiger partial charge in [-0.3, -0.25) is 0 Å². The summed E-state index contributed by atoms with van der Waals surface area (Å²) in [7, 11) is 0. The first-order valence-electron chi connectivity index (χ1n) is 5.84. The van der Waals surface area contributed by atoms with E-state index in [1.54, 1.807) is 0 Å². The van der Waals surface area contributed by atoms with Gasteiger partial charge in [-0.2, -0.15) is 11.8 Å². The van der Waals surface area contributed by atoms with Crippen molar-refractivity contribution < 1.29 is 4.74 Å². The second kappa shape index (κ2) is 5.99. The summed E-state index contributed by atoms with van der Waals surface area (Å²) in [4.78, 5) is 0. The van der Waals surface area contributed by atoms with Crippen molar-refractivity contribution in [2.45, 2.75) is 31.7 Å². The van der Waals surface area contributed by atoms with E-state index in [-0.39, 0.29) is 0 Å². The Hall–Kier alpha value is 0.270. The van der Waals surface area contributed by atoms with E-state index in [0.29, 0.717) is 0 Å². The van der Waals surface area contributed by atoms with Crippen LogP contribution in [0.25, 0.3) is 0 Å². The van der Waals surface area contributed by atoms with Gasteiger partial charge in [0.25, 0.3) is 0 Å². The average molecular weight is 215 g/mol. The zero-order valence-electron chi connectivity index (χ0n) is 8.84. The fraction of sp³-hybridized carbons (Fsp3) is 1.00. The van der Waals surface area contributed by atoms with Crippen molar-refractivity contribution in [3.05, 3.63) is 0 Å². The highest BCUT2D eigenvalue weighted by Crippen LogP contribution is 2.28. The SMILES string of the molecule is C(COCC1CC1)NC1CCSCC1. The van der Waals surface area contributed by atoms with Crippen LogP contribution in [0.5, 0.6) is 0 Å². The fourth-order valence-corrected chi connectivity index (χ4v) is 2.88. The molecule has 2 nitrogen and oxygen atoms in total. The van der Waals surface area contributed by atoms with Crippen LogP contribution in [0.15, 0.2) is 0 Å². The van der Waals surface area contributed by atoms with Gasteiger partial charge < -0.3 is 10.1 Å². The lowest BCUT2D eigenvalue weighted by molar-refractivity contribution is 0.124. The summed E-state index contributed by atoms with van der Waals surface area (Å²) in [6, 6.07) is 0.765. The van der Waals surface area contributed by atoms with Gasteiger partial charge >= 0.3 is 0 Å². The van der Waals surface area contributed by atoms with Gasteiger partial charge in [0.05, 0.1) is 6.61 Å². The highest BCUT2D eigenvalue weighted by atomic mass is 32.2. The number of hydrogen-bond donors (Lipinski definition) is 1. The normalized spacial score (nSPS) is 24.0. The lowest BCUT2D eigenvalue weighted by Gasteiger charge is -2.22. The molecule has 0 unspecified atom stereocenters. The van der Waals surface area contributed by atoms with Crippen LogP contribution in [0.2, 0.25) is 0 Å². The zero-order valence-corrected chi connectivity index (χ0v) is 9.65. The maximum atomic E-state index is 5.58. The van der Waals surface area contributed by atoms with Gasteiger partial charge in [-0.1, -0.05) is 0 Å². The summed E-state index contributed by atoms with van der Waals surface area (Å²) in [6.07, 6.45) is 5.47. The molecule has 82 valence electrons. The van der Waals surface area contributed by atoms with E-state index < -0.39 is 0 Å². The van der Waals surface area contributed by atoms with Crippen LogP contribution in [0.4, 0.5) is 0 Å². The van der Waals surface area contributed by atoms with E-state index in [1.807, 2.05) is 0 Å². The van der Waals surface area contributed by atoms with Crippen LogP contribution in [-0.2, 0) is 4.74 Å². The molecular weight excluding hydrogens is 194 g/mol. The van der Waals surface area contributed by atoms with Crippen LogP contribution in [-0.4, -0.2) is 37.3 Å². The highest BCUT2D eigenvalue weighted by Gasteiger charge is 2.21. The Morgan fingerprint density at radius 3 is 2.64 bits per heavy atom. The van der Waals surface area contributed by atoms with Crippen molar-refractivity contribution in [2.75, 3.05) is 31.3 Å². The molecule has 1 saturated heterocycles. The molecule has 0 aromatic rings. The van der Waals surface area contributed by atoms with Gasteiger partial charge in [0, 0.05) is 19.2 Å². The molecule has 0 aromatic heterocycles. The molecule has 2 fully saturated rings. The Morgan fingerprint density at radius 2 is 1.93 bits per heavy atom. The highest BCUT2D eigenvalue weighted by molar-refractivity contribution is 7.99. The molecule has 1 aliphatic carbocycles. The largest absolute Gasteiger partial charge is 0.380 e. The topological polar surface area (TPSA) is 21.3 Å². The second-order valence-electron chi connectivity index (χ2n) is 4.36. The van der Waals surface area contributed by atoms with Crippen LogP contribution in [0.3, 0.4) is 0 Å². The van der Waals surface area contributed by atoms with Gasteiger partial charge in [-0.15, -0.1) is 0 Å². The number of rotatable bonds is 6. The van der Waals surface area contributed by atoms with E-state index in [4.69, 9.17) is 4.74 Å². The minimum absolute atomic E-state index is 0.765. The predicted molar refractivity (Wildman–Crippen MR) is 61.9 cm³/mol. The molecule has 14 heavy (non-hydrogen) atoms. The van der Waals surface area contributed by atoms with Crippen molar-refractivity contribution in [2.24, 2.45) is 5.92 Å². The smallest absolute Gasteiger partial charge is 0.0591 e. The average Bonchev–Trinajstić information content (AvgIpc) is 3.03. The van der Waals surface area contributed by atoms with Crippen LogP contribution >= 0.6 is 11.8 Å². The first-order valence-corrected chi connectivity index (χ1v) is 6.99. The zero-order chi connectivity index (χ0) is 9.64. The standard InChI is InChI=1S/C11H21NOS/c1-2-10(1)9-13-6-5-12-11-3-7-14-8-4-11/h10-12H,1-9H2. The first kappa shape index (κ1) is 10.8. The Balaban J connectivity index is 1.41. The number of nitrogens with one attached hydrogen (secondary N) is 1. The van der Waals surface area contributed by atoms with E-state index in [2.05, 4.69) is 17.1 Å². The molecule has 3 heteroatoms. The third-order valence-electron chi connectivity index (χ3n) is 2.95. The third-order valence-corrected chi connectivity index (χ3v) is 4.00. The number of ether oxygens (including phenoxy) is 1. The minimum Gasteiger partial charge on any atom is -0.380 e. The van der Waals surface area contributed by atoms with Gasteiger partial charge in [-0.25, -0.2) is 0 Å².